The third kappa shape index (κ3) is 4.52. The highest BCUT2D eigenvalue weighted by molar-refractivity contribution is 5.23. The fourth-order valence-corrected chi connectivity index (χ4v) is 2.33. The number of nitrogens with one attached hydrogen (secondary N) is 2. The average molecular weight is 257 g/mol. The summed E-state index contributed by atoms with van der Waals surface area (Å²) in [5.41, 5.74) is 2.71. The van der Waals surface area contributed by atoms with Gasteiger partial charge in [-0.1, -0.05) is 36.8 Å². The minimum Gasteiger partial charge on any atom is -0.349 e. The predicted octanol–water partition coefficient (Wildman–Crippen LogP) is 2.87. The second-order valence-electron chi connectivity index (χ2n) is 5.08. The molecule has 0 saturated carbocycles. The summed E-state index contributed by atoms with van der Waals surface area (Å²) in [4.78, 5) is 7.52. The van der Waals surface area contributed by atoms with Gasteiger partial charge in [-0.2, -0.15) is 0 Å². The van der Waals surface area contributed by atoms with Crippen molar-refractivity contribution in [2.24, 2.45) is 0 Å². The van der Waals surface area contributed by atoms with E-state index in [4.69, 9.17) is 0 Å². The van der Waals surface area contributed by atoms with Crippen LogP contribution in [0.4, 0.5) is 0 Å². The van der Waals surface area contributed by atoms with Crippen LogP contribution in [-0.2, 0) is 12.8 Å². The molecule has 2 aromatic rings. The number of aromatic nitrogens is 2. The number of aromatic amines is 1. The first-order valence-corrected chi connectivity index (χ1v) is 7.05. The number of hydrogen-bond donors (Lipinski definition) is 2. The average Bonchev–Trinajstić information content (AvgIpc) is 2.89. The summed E-state index contributed by atoms with van der Waals surface area (Å²) in [6.45, 7) is 5.39. The summed E-state index contributed by atoms with van der Waals surface area (Å²) < 4.78 is 0. The third-order valence-electron chi connectivity index (χ3n) is 3.24. The summed E-state index contributed by atoms with van der Waals surface area (Å²) in [5, 5.41) is 3.62. The van der Waals surface area contributed by atoms with Gasteiger partial charge in [0.25, 0.3) is 0 Å². The second-order valence-corrected chi connectivity index (χ2v) is 5.08. The van der Waals surface area contributed by atoms with Crippen LogP contribution in [0.15, 0.2) is 36.7 Å². The Morgan fingerprint density at radius 2 is 2.21 bits per heavy atom. The Balaban J connectivity index is 2.00. The largest absolute Gasteiger partial charge is 0.349 e. The lowest BCUT2D eigenvalue weighted by Crippen LogP contribution is -2.34. The Morgan fingerprint density at radius 3 is 2.89 bits per heavy atom. The van der Waals surface area contributed by atoms with Gasteiger partial charge in [0.05, 0.1) is 0 Å². The fraction of sp³-hybridized carbons (Fsp3) is 0.438. The smallest absolute Gasteiger partial charge is 0.107 e. The van der Waals surface area contributed by atoms with Gasteiger partial charge >= 0.3 is 0 Å². The molecule has 102 valence electrons. The van der Waals surface area contributed by atoms with E-state index in [1.54, 1.807) is 0 Å². The Labute approximate surface area is 115 Å². The number of nitrogens with zero attached hydrogens (tertiary/aromatic N) is 1. The van der Waals surface area contributed by atoms with Gasteiger partial charge in [-0.25, -0.2) is 4.98 Å². The van der Waals surface area contributed by atoms with E-state index in [1.165, 1.54) is 11.1 Å². The lowest BCUT2D eigenvalue weighted by atomic mass is 10.0. The summed E-state index contributed by atoms with van der Waals surface area (Å²) in [5.74, 6) is 1.06. The van der Waals surface area contributed by atoms with Crippen molar-refractivity contribution in [1.29, 1.82) is 0 Å². The van der Waals surface area contributed by atoms with Crippen molar-refractivity contribution in [3.8, 4) is 0 Å². The van der Waals surface area contributed by atoms with Gasteiger partial charge in [0.1, 0.15) is 5.82 Å². The summed E-state index contributed by atoms with van der Waals surface area (Å²) in [6, 6.07) is 9.19. The summed E-state index contributed by atoms with van der Waals surface area (Å²) in [7, 11) is 0. The lowest BCUT2D eigenvalue weighted by molar-refractivity contribution is 0.497. The van der Waals surface area contributed by atoms with Crippen molar-refractivity contribution >= 4 is 0 Å². The van der Waals surface area contributed by atoms with Gasteiger partial charge in [0.2, 0.25) is 0 Å². The van der Waals surface area contributed by atoms with Crippen molar-refractivity contribution in [2.75, 3.05) is 6.54 Å². The van der Waals surface area contributed by atoms with Crippen molar-refractivity contribution in [3.05, 3.63) is 53.6 Å². The highest BCUT2D eigenvalue weighted by atomic mass is 14.9. The number of H-pyrrole nitrogens is 1. The van der Waals surface area contributed by atoms with E-state index < -0.39 is 0 Å². The zero-order chi connectivity index (χ0) is 13.5. The molecule has 1 unspecified atom stereocenters. The normalized spacial score (nSPS) is 12.5. The molecule has 3 nitrogen and oxygen atoms in total. The Hall–Kier alpha value is -1.61. The van der Waals surface area contributed by atoms with Gasteiger partial charge in [-0.05, 0) is 31.9 Å². The van der Waals surface area contributed by atoms with Crippen LogP contribution in [0, 0.1) is 6.92 Å². The van der Waals surface area contributed by atoms with Gasteiger partial charge in [-0.15, -0.1) is 0 Å². The maximum absolute atomic E-state index is 4.33. The molecule has 0 spiro atoms. The first-order chi connectivity index (χ1) is 9.28. The molecule has 0 radical (unpaired) electrons. The van der Waals surface area contributed by atoms with Gasteiger partial charge in [0, 0.05) is 24.9 Å². The highest BCUT2D eigenvalue weighted by Crippen LogP contribution is 2.09. The molecule has 2 N–H and O–H groups in total. The van der Waals surface area contributed by atoms with Crippen molar-refractivity contribution in [2.45, 2.75) is 39.2 Å². The molecule has 0 bridgehead atoms. The van der Waals surface area contributed by atoms with Crippen molar-refractivity contribution in [1.82, 2.24) is 15.3 Å². The van der Waals surface area contributed by atoms with E-state index in [1.807, 2.05) is 12.4 Å². The number of aryl methyl sites for hydroxylation is 1. The van der Waals surface area contributed by atoms with Gasteiger partial charge in [0.15, 0.2) is 0 Å². The van der Waals surface area contributed by atoms with E-state index in [9.17, 15) is 0 Å². The SMILES string of the molecule is CCCNC(Cc1cccc(C)c1)Cc1ncc[nH]1. The molecule has 1 aromatic carbocycles. The van der Waals surface area contributed by atoms with Crippen LogP contribution in [0.3, 0.4) is 0 Å². The Kier molecular flexibility index (Phi) is 5.16. The molecule has 0 aliphatic carbocycles. The minimum absolute atomic E-state index is 0.438. The van der Waals surface area contributed by atoms with Gasteiger partial charge < -0.3 is 10.3 Å². The van der Waals surface area contributed by atoms with Crippen LogP contribution in [0.5, 0.6) is 0 Å². The first kappa shape index (κ1) is 13.8. The molecule has 1 atom stereocenters. The first-order valence-electron chi connectivity index (χ1n) is 7.05. The number of rotatable bonds is 7. The Bertz CT molecular complexity index is 476. The van der Waals surface area contributed by atoms with Gasteiger partial charge in [-0.3, -0.25) is 0 Å². The summed E-state index contributed by atoms with van der Waals surface area (Å²) >= 11 is 0. The van der Waals surface area contributed by atoms with Crippen LogP contribution in [-0.4, -0.2) is 22.6 Å². The van der Waals surface area contributed by atoms with Crippen LogP contribution >= 0.6 is 0 Å². The zero-order valence-electron chi connectivity index (χ0n) is 11.8. The molecular formula is C16H23N3. The monoisotopic (exact) mass is 257 g/mol. The molecule has 1 aromatic heterocycles. The van der Waals surface area contributed by atoms with Crippen LogP contribution in [0.25, 0.3) is 0 Å². The Morgan fingerprint density at radius 1 is 1.32 bits per heavy atom. The molecule has 2 rings (SSSR count). The van der Waals surface area contributed by atoms with E-state index in [2.05, 4.69) is 53.4 Å². The second kappa shape index (κ2) is 7.10. The lowest BCUT2D eigenvalue weighted by Gasteiger charge is -2.18. The molecule has 1 heterocycles. The third-order valence-corrected chi connectivity index (χ3v) is 3.24. The van der Waals surface area contributed by atoms with E-state index in [0.717, 1.165) is 31.6 Å². The van der Waals surface area contributed by atoms with E-state index in [0.29, 0.717) is 6.04 Å². The highest BCUT2D eigenvalue weighted by Gasteiger charge is 2.11. The number of imidazole rings is 1. The molecule has 0 aliphatic heterocycles. The van der Waals surface area contributed by atoms with E-state index in [-0.39, 0.29) is 0 Å². The van der Waals surface area contributed by atoms with E-state index >= 15 is 0 Å². The number of hydrogen-bond acceptors (Lipinski definition) is 2. The summed E-state index contributed by atoms with van der Waals surface area (Å²) in [6.07, 6.45) is 6.85. The molecule has 0 aliphatic rings. The zero-order valence-corrected chi connectivity index (χ0v) is 11.8. The molecule has 19 heavy (non-hydrogen) atoms. The predicted molar refractivity (Wildman–Crippen MR) is 79.3 cm³/mol. The molecule has 3 heteroatoms. The maximum Gasteiger partial charge on any atom is 0.107 e. The molecule has 0 fully saturated rings. The molecule has 0 amide bonds. The fourth-order valence-electron chi connectivity index (χ4n) is 2.33. The molecule has 0 saturated heterocycles. The van der Waals surface area contributed by atoms with Crippen LogP contribution < -0.4 is 5.32 Å². The maximum atomic E-state index is 4.33. The minimum atomic E-state index is 0.438. The standard InChI is InChI=1S/C16H23N3/c1-3-7-17-15(12-16-18-8-9-19-16)11-14-6-4-5-13(2)10-14/h4-6,8-10,15,17H,3,7,11-12H2,1-2H3,(H,18,19). The van der Waals surface area contributed by atoms with Crippen LogP contribution in [0.1, 0.15) is 30.3 Å². The molecular weight excluding hydrogens is 234 g/mol. The topological polar surface area (TPSA) is 40.7 Å². The van der Waals surface area contributed by atoms with Crippen molar-refractivity contribution in [3.63, 3.8) is 0 Å². The van der Waals surface area contributed by atoms with Crippen molar-refractivity contribution < 1.29 is 0 Å². The number of benzene rings is 1. The van der Waals surface area contributed by atoms with Crippen LogP contribution in [0.2, 0.25) is 0 Å². The quantitative estimate of drug-likeness (QED) is 0.800.